The molecule has 11 aromatic rings. The summed E-state index contributed by atoms with van der Waals surface area (Å²) in [4.78, 5) is 3.71. The van der Waals surface area contributed by atoms with Gasteiger partial charge in [-0.05, 0) is 77.7 Å². The van der Waals surface area contributed by atoms with Gasteiger partial charge >= 0.3 is 0 Å². The fourth-order valence-corrected chi connectivity index (χ4v) is 8.75. The maximum Gasteiger partial charge on any atom is 0.188 e. The Morgan fingerprint density at radius 3 is 1.58 bits per heavy atom. The van der Waals surface area contributed by atoms with Crippen molar-refractivity contribution in [2.24, 2.45) is 0 Å². The van der Waals surface area contributed by atoms with Crippen molar-refractivity contribution in [3.63, 3.8) is 0 Å². The maximum absolute atomic E-state index is 10.9. The van der Waals surface area contributed by atoms with E-state index in [1.165, 1.54) is 10.8 Å². The lowest BCUT2D eigenvalue weighted by molar-refractivity contribution is 1.15. The maximum atomic E-state index is 10.9. The van der Waals surface area contributed by atoms with E-state index in [-0.39, 0.29) is 0 Å². The van der Waals surface area contributed by atoms with Crippen LogP contribution in [0.25, 0.3) is 98.5 Å². The Bertz CT molecular complexity index is 3420. The number of nitriles is 1. The summed E-state index contributed by atoms with van der Waals surface area (Å²) >= 11 is 0. The Morgan fingerprint density at radius 2 is 0.945 bits per heavy atom. The number of para-hydroxylation sites is 5. The molecular formula is C50H29N5. The Labute approximate surface area is 316 Å². The second kappa shape index (κ2) is 11.8. The highest BCUT2D eigenvalue weighted by molar-refractivity contribution is 6.13. The van der Waals surface area contributed by atoms with E-state index in [1.54, 1.807) is 0 Å². The van der Waals surface area contributed by atoms with Gasteiger partial charge in [0.1, 0.15) is 6.07 Å². The standard InChI is InChI=1S/C50H29N5/c1-52-34-23-27-49-42(29-34)40-16-6-11-21-48(40)55(49)44-17-7-2-12-36(44)32-22-26-43(33(28-32)31-51)54-47-20-10-5-15-39(47)41-25-24-35(30-50(41)54)53-45-18-8-3-13-37(45)38-14-4-9-19-46(38)53/h2-30H. The quantitative estimate of drug-likeness (QED) is 0.169. The van der Waals surface area contributed by atoms with Gasteiger partial charge in [-0.25, -0.2) is 4.85 Å². The number of aromatic nitrogens is 3. The van der Waals surface area contributed by atoms with Gasteiger partial charge in [0.05, 0.1) is 56.6 Å². The zero-order chi connectivity index (χ0) is 36.6. The summed E-state index contributed by atoms with van der Waals surface area (Å²) in [7, 11) is 0. The van der Waals surface area contributed by atoms with Crippen LogP contribution in [0.1, 0.15) is 5.56 Å². The van der Waals surface area contributed by atoms with Crippen molar-refractivity contribution in [3.05, 3.63) is 193 Å². The number of nitrogens with zero attached hydrogens (tertiary/aromatic N) is 5. The monoisotopic (exact) mass is 699 g/mol. The van der Waals surface area contributed by atoms with Gasteiger partial charge in [0, 0.05) is 38.2 Å². The van der Waals surface area contributed by atoms with E-state index in [2.05, 4.69) is 164 Å². The third kappa shape index (κ3) is 4.45. The molecular weight excluding hydrogens is 671 g/mol. The van der Waals surface area contributed by atoms with Gasteiger partial charge in [-0.2, -0.15) is 5.26 Å². The molecule has 3 heterocycles. The molecule has 0 bridgehead atoms. The highest BCUT2D eigenvalue weighted by Crippen LogP contribution is 2.40. The van der Waals surface area contributed by atoms with E-state index >= 15 is 0 Å². The third-order valence-electron chi connectivity index (χ3n) is 11.1. The number of fused-ring (bicyclic) bond motifs is 9. The minimum absolute atomic E-state index is 0.584. The van der Waals surface area contributed by atoms with E-state index < -0.39 is 0 Å². The van der Waals surface area contributed by atoms with Crippen molar-refractivity contribution in [3.8, 4) is 34.3 Å². The summed E-state index contributed by atoms with van der Waals surface area (Å²) in [5.74, 6) is 0. The molecule has 0 aliphatic heterocycles. The van der Waals surface area contributed by atoms with Crippen LogP contribution >= 0.6 is 0 Å². The lowest BCUT2D eigenvalue weighted by Crippen LogP contribution is -2.01. The number of rotatable bonds is 4. The van der Waals surface area contributed by atoms with Crippen LogP contribution < -0.4 is 0 Å². The lowest BCUT2D eigenvalue weighted by Gasteiger charge is -2.16. The van der Waals surface area contributed by atoms with E-state index in [0.29, 0.717) is 11.3 Å². The molecule has 0 amide bonds. The first-order valence-electron chi connectivity index (χ1n) is 18.3. The van der Waals surface area contributed by atoms with E-state index in [1.807, 2.05) is 36.4 Å². The van der Waals surface area contributed by atoms with E-state index in [4.69, 9.17) is 6.57 Å². The summed E-state index contributed by atoms with van der Waals surface area (Å²) in [5, 5.41) is 17.7. The van der Waals surface area contributed by atoms with Crippen LogP contribution in [-0.2, 0) is 0 Å². The minimum Gasteiger partial charge on any atom is -0.309 e. The van der Waals surface area contributed by atoms with Crippen LogP contribution in [0, 0.1) is 17.9 Å². The summed E-state index contributed by atoms with van der Waals surface area (Å²) in [6, 6.07) is 63.7. The number of hydrogen-bond acceptors (Lipinski definition) is 1. The second-order valence-electron chi connectivity index (χ2n) is 14.0. The van der Waals surface area contributed by atoms with Crippen molar-refractivity contribution < 1.29 is 0 Å². The number of hydrogen-bond donors (Lipinski definition) is 0. The topological polar surface area (TPSA) is 42.9 Å². The molecule has 0 aliphatic rings. The van der Waals surface area contributed by atoms with Gasteiger partial charge < -0.3 is 13.7 Å². The Kier molecular flexibility index (Phi) is 6.61. The Balaban J connectivity index is 1.12. The van der Waals surface area contributed by atoms with Crippen LogP contribution in [0.15, 0.2) is 176 Å². The average molecular weight is 700 g/mol. The predicted octanol–water partition coefficient (Wildman–Crippen LogP) is 13.1. The fourth-order valence-electron chi connectivity index (χ4n) is 8.75. The average Bonchev–Trinajstić information content (AvgIpc) is 3.88. The molecule has 0 fully saturated rings. The van der Waals surface area contributed by atoms with Gasteiger partial charge in [0.25, 0.3) is 0 Å². The second-order valence-corrected chi connectivity index (χ2v) is 14.0. The van der Waals surface area contributed by atoms with Crippen molar-refractivity contribution >= 4 is 71.1 Å². The zero-order valence-electron chi connectivity index (χ0n) is 29.5. The van der Waals surface area contributed by atoms with Gasteiger partial charge in [-0.3, -0.25) is 0 Å². The molecule has 0 unspecified atom stereocenters. The molecule has 0 spiro atoms. The van der Waals surface area contributed by atoms with Crippen molar-refractivity contribution in [1.82, 2.24) is 13.7 Å². The smallest absolute Gasteiger partial charge is 0.188 e. The first kappa shape index (κ1) is 30.7. The first-order valence-corrected chi connectivity index (χ1v) is 18.3. The fraction of sp³-hybridized carbons (Fsp3) is 0. The van der Waals surface area contributed by atoms with Crippen LogP contribution in [0.2, 0.25) is 0 Å². The molecule has 8 aromatic carbocycles. The first-order chi connectivity index (χ1) is 27.2. The normalized spacial score (nSPS) is 11.6. The molecule has 0 atom stereocenters. The van der Waals surface area contributed by atoms with E-state index in [0.717, 1.165) is 82.8 Å². The van der Waals surface area contributed by atoms with E-state index in [9.17, 15) is 5.26 Å². The molecule has 0 saturated carbocycles. The molecule has 55 heavy (non-hydrogen) atoms. The highest BCUT2D eigenvalue weighted by atomic mass is 15.0. The third-order valence-corrected chi connectivity index (χ3v) is 11.1. The van der Waals surface area contributed by atoms with Crippen LogP contribution in [0.4, 0.5) is 5.69 Å². The molecule has 0 saturated heterocycles. The molecule has 254 valence electrons. The Hall–Kier alpha value is -7.86. The molecule has 5 heteroatoms. The summed E-state index contributed by atoms with van der Waals surface area (Å²) in [6.07, 6.45) is 0. The Morgan fingerprint density at radius 1 is 0.418 bits per heavy atom. The van der Waals surface area contributed by atoms with Crippen molar-refractivity contribution in [2.45, 2.75) is 0 Å². The number of benzene rings is 8. The highest BCUT2D eigenvalue weighted by Gasteiger charge is 2.20. The molecule has 5 nitrogen and oxygen atoms in total. The molecule has 11 rings (SSSR count). The molecule has 0 radical (unpaired) electrons. The SMILES string of the molecule is [C-]#[N+]c1ccc2c(c1)c1ccccc1n2-c1ccccc1-c1ccc(-n2c3ccccc3c3ccc(-n4c5ccccc5c5ccccc54)cc32)c(C#N)c1. The summed E-state index contributed by atoms with van der Waals surface area (Å²) in [5.41, 5.74) is 12.6. The zero-order valence-corrected chi connectivity index (χ0v) is 29.5. The summed E-state index contributed by atoms with van der Waals surface area (Å²) < 4.78 is 6.86. The largest absolute Gasteiger partial charge is 0.309 e. The van der Waals surface area contributed by atoms with Crippen molar-refractivity contribution in [1.29, 1.82) is 5.26 Å². The van der Waals surface area contributed by atoms with Crippen LogP contribution in [0.5, 0.6) is 0 Å². The van der Waals surface area contributed by atoms with Gasteiger partial charge in [-0.15, -0.1) is 0 Å². The van der Waals surface area contributed by atoms with Crippen LogP contribution in [0.3, 0.4) is 0 Å². The summed E-state index contributed by atoms with van der Waals surface area (Å²) in [6.45, 7) is 7.63. The molecule has 0 N–H and O–H groups in total. The van der Waals surface area contributed by atoms with Crippen molar-refractivity contribution in [2.75, 3.05) is 0 Å². The van der Waals surface area contributed by atoms with Gasteiger partial charge in [0.2, 0.25) is 0 Å². The van der Waals surface area contributed by atoms with Gasteiger partial charge in [-0.1, -0.05) is 109 Å². The van der Waals surface area contributed by atoms with Gasteiger partial charge in [0.15, 0.2) is 5.69 Å². The molecule has 0 aliphatic carbocycles. The minimum atomic E-state index is 0.584. The van der Waals surface area contributed by atoms with Crippen LogP contribution in [-0.4, -0.2) is 13.7 Å². The lowest BCUT2D eigenvalue weighted by atomic mass is 10.00. The molecule has 3 aromatic heterocycles. The predicted molar refractivity (Wildman–Crippen MR) is 226 cm³/mol.